The first-order valence-corrected chi connectivity index (χ1v) is 10.9. The molecule has 0 atom stereocenters. The summed E-state index contributed by atoms with van der Waals surface area (Å²) in [5.41, 5.74) is 0. The van der Waals surface area contributed by atoms with Gasteiger partial charge in [0.05, 0.1) is 5.75 Å². The first-order valence-electron chi connectivity index (χ1n) is 6.93. The maximum absolute atomic E-state index is 12.2. The fourth-order valence-electron chi connectivity index (χ4n) is 2.24. The van der Waals surface area contributed by atoms with Gasteiger partial charge in [0, 0.05) is 19.6 Å². The van der Waals surface area contributed by atoms with Crippen molar-refractivity contribution in [3.63, 3.8) is 0 Å². The Morgan fingerprint density at radius 2 is 1.76 bits per heavy atom. The van der Waals surface area contributed by atoms with E-state index in [9.17, 15) is 16.8 Å². The van der Waals surface area contributed by atoms with Crippen LogP contribution in [-0.4, -0.2) is 46.5 Å². The van der Waals surface area contributed by atoms with Crippen LogP contribution in [0.5, 0.6) is 0 Å². The SMILES string of the molecule is O=S(=O)(NCCS(=O)(=O)N1CCCCCC1)c1cccs1. The van der Waals surface area contributed by atoms with Gasteiger partial charge in [-0.25, -0.2) is 25.9 Å². The van der Waals surface area contributed by atoms with E-state index in [-0.39, 0.29) is 16.5 Å². The van der Waals surface area contributed by atoms with Crippen molar-refractivity contribution in [1.82, 2.24) is 9.03 Å². The van der Waals surface area contributed by atoms with Gasteiger partial charge < -0.3 is 0 Å². The molecule has 9 heteroatoms. The number of sulfonamides is 2. The zero-order valence-corrected chi connectivity index (χ0v) is 14.1. The molecular formula is C12H20N2O4S3. The quantitative estimate of drug-likeness (QED) is 0.835. The molecule has 1 N–H and O–H groups in total. The van der Waals surface area contributed by atoms with Gasteiger partial charge in [-0.15, -0.1) is 11.3 Å². The molecule has 1 aromatic heterocycles. The van der Waals surface area contributed by atoms with E-state index in [1.54, 1.807) is 11.4 Å². The van der Waals surface area contributed by atoms with Crippen LogP contribution < -0.4 is 4.72 Å². The van der Waals surface area contributed by atoms with E-state index in [0.717, 1.165) is 37.0 Å². The van der Waals surface area contributed by atoms with Crippen LogP contribution in [0.4, 0.5) is 0 Å². The highest BCUT2D eigenvalue weighted by Gasteiger charge is 2.23. The molecule has 6 nitrogen and oxygen atoms in total. The molecule has 0 spiro atoms. The highest BCUT2D eigenvalue weighted by Crippen LogP contribution is 2.16. The Labute approximate surface area is 130 Å². The van der Waals surface area contributed by atoms with Gasteiger partial charge in [0.2, 0.25) is 20.0 Å². The lowest BCUT2D eigenvalue weighted by Gasteiger charge is -2.19. The standard InChI is InChI=1S/C12H20N2O4S3/c15-20(16,14-8-3-1-2-4-9-14)11-7-13-21(17,18)12-6-5-10-19-12/h5-6,10,13H,1-4,7-9,11H2. The Kier molecular flexibility index (Phi) is 5.78. The maximum atomic E-state index is 12.2. The molecule has 120 valence electrons. The van der Waals surface area contributed by atoms with Crippen LogP contribution in [-0.2, 0) is 20.0 Å². The van der Waals surface area contributed by atoms with E-state index in [1.165, 1.54) is 10.4 Å². The summed E-state index contributed by atoms with van der Waals surface area (Å²) in [7, 11) is -6.98. The maximum Gasteiger partial charge on any atom is 0.250 e. The number of hydrogen-bond donors (Lipinski definition) is 1. The molecular weight excluding hydrogens is 332 g/mol. The molecule has 0 aromatic carbocycles. The summed E-state index contributed by atoms with van der Waals surface area (Å²) in [4.78, 5) is 0. The second-order valence-electron chi connectivity index (χ2n) is 4.96. The third-order valence-corrected chi connectivity index (χ3v) is 8.10. The summed E-state index contributed by atoms with van der Waals surface area (Å²) in [5.74, 6) is -0.197. The molecule has 1 saturated heterocycles. The summed E-state index contributed by atoms with van der Waals surface area (Å²) in [5, 5.41) is 1.67. The van der Waals surface area contributed by atoms with Crippen LogP contribution in [0.3, 0.4) is 0 Å². The molecule has 1 aliphatic heterocycles. The van der Waals surface area contributed by atoms with Crippen LogP contribution in [0.15, 0.2) is 21.7 Å². The lowest BCUT2D eigenvalue weighted by molar-refractivity contribution is 0.423. The van der Waals surface area contributed by atoms with Crippen LogP contribution in [0.1, 0.15) is 25.7 Å². The highest BCUT2D eigenvalue weighted by atomic mass is 32.2. The first kappa shape index (κ1) is 16.9. The fraction of sp³-hybridized carbons (Fsp3) is 0.667. The molecule has 0 unspecified atom stereocenters. The second-order valence-corrected chi connectivity index (χ2v) is 9.99. The van der Waals surface area contributed by atoms with Crippen molar-refractivity contribution in [3.05, 3.63) is 17.5 Å². The van der Waals surface area contributed by atoms with Crippen molar-refractivity contribution >= 4 is 31.4 Å². The van der Waals surface area contributed by atoms with Crippen LogP contribution in [0.2, 0.25) is 0 Å². The number of nitrogens with one attached hydrogen (secondary N) is 1. The monoisotopic (exact) mass is 352 g/mol. The fourth-order valence-corrected chi connectivity index (χ4v) is 5.87. The van der Waals surface area contributed by atoms with E-state index < -0.39 is 20.0 Å². The summed E-state index contributed by atoms with van der Waals surface area (Å²) in [6, 6.07) is 3.14. The molecule has 0 aliphatic carbocycles. The highest BCUT2D eigenvalue weighted by molar-refractivity contribution is 7.91. The molecule has 0 amide bonds. The van der Waals surface area contributed by atoms with Crippen molar-refractivity contribution < 1.29 is 16.8 Å². The average molecular weight is 353 g/mol. The normalized spacial score (nSPS) is 18.5. The topological polar surface area (TPSA) is 83.5 Å². The lowest BCUT2D eigenvalue weighted by atomic mass is 10.2. The number of thiophene rings is 1. The molecule has 0 radical (unpaired) electrons. The van der Waals surface area contributed by atoms with Crippen molar-refractivity contribution in [2.45, 2.75) is 29.9 Å². The van der Waals surface area contributed by atoms with E-state index in [1.807, 2.05) is 0 Å². The Morgan fingerprint density at radius 3 is 2.33 bits per heavy atom. The third kappa shape index (κ3) is 4.75. The largest absolute Gasteiger partial charge is 0.250 e. The molecule has 21 heavy (non-hydrogen) atoms. The second kappa shape index (κ2) is 7.19. The lowest BCUT2D eigenvalue weighted by Crippen LogP contribution is -2.38. The van der Waals surface area contributed by atoms with Gasteiger partial charge in [-0.1, -0.05) is 18.9 Å². The molecule has 0 bridgehead atoms. The van der Waals surface area contributed by atoms with E-state index in [4.69, 9.17) is 0 Å². The number of hydrogen-bond acceptors (Lipinski definition) is 5. The smallest absolute Gasteiger partial charge is 0.212 e. The average Bonchev–Trinajstić information content (AvgIpc) is 2.81. The zero-order chi connectivity index (χ0) is 15.3. The number of rotatable bonds is 6. The Balaban J connectivity index is 1.90. The molecule has 1 fully saturated rings. The van der Waals surface area contributed by atoms with E-state index in [0.29, 0.717) is 13.1 Å². The Bertz CT molecular complexity index is 630. The van der Waals surface area contributed by atoms with E-state index >= 15 is 0 Å². The summed E-state index contributed by atoms with van der Waals surface area (Å²) in [6.07, 6.45) is 3.86. The van der Waals surface area contributed by atoms with Crippen molar-refractivity contribution in [3.8, 4) is 0 Å². The minimum Gasteiger partial charge on any atom is -0.212 e. The molecule has 2 heterocycles. The Hall–Kier alpha value is -0.480. The van der Waals surface area contributed by atoms with Crippen molar-refractivity contribution in [2.24, 2.45) is 0 Å². The molecule has 2 rings (SSSR count). The van der Waals surface area contributed by atoms with Crippen molar-refractivity contribution in [1.29, 1.82) is 0 Å². The van der Waals surface area contributed by atoms with Gasteiger partial charge in [-0.2, -0.15) is 0 Å². The van der Waals surface area contributed by atoms with Crippen molar-refractivity contribution in [2.75, 3.05) is 25.4 Å². The summed E-state index contributed by atoms with van der Waals surface area (Å²) in [6.45, 7) is 0.985. The predicted molar refractivity (Wildman–Crippen MR) is 83.3 cm³/mol. The van der Waals surface area contributed by atoms with Crippen LogP contribution in [0, 0.1) is 0 Å². The predicted octanol–water partition coefficient (Wildman–Crippen LogP) is 1.23. The van der Waals surface area contributed by atoms with Gasteiger partial charge >= 0.3 is 0 Å². The minimum atomic E-state index is -3.59. The summed E-state index contributed by atoms with van der Waals surface area (Å²) < 4.78 is 52.2. The third-order valence-electron chi connectivity index (χ3n) is 3.37. The molecule has 0 saturated carbocycles. The van der Waals surface area contributed by atoms with Crippen LogP contribution in [0.25, 0.3) is 0 Å². The van der Waals surface area contributed by atoms with Gasteiger partial charge in [0.15, 0.2) is 0 Å². The minimum absolute atomic E-state index is 0.0981. The zero-order valence-electron chi connectivity index (χ0n) is 11.7. The number of nitrogens with zero attached hydrogens (tertiary/aromatic N) is 1. The first-order chi connectivity index (χ1) is 9.92. The van der Waals surface area contributed by atoms with E-state index in [2.05, 4.69) is 4.72 Å². The van der Waals surface area contributed by atoms with Gasteiger partial charge in [-0.3, -0.25) is 0 Å². The van der Waals surface area contributed by atoms with Gasteiger partial charge in [0.25, 0.3) is 0 Å². The van der Waals surface area contributed by atoms with Gasteiger partial charge in [0.1, 0.15) is 4.21 Å². The van der Waals surface area contributed by atoms with Gasteiger partial charge in [-0.05, 0) is 24.3 Å². The molecule has 1 aliphatic rings. The Morgan fingerprint density at radius 1 is 1.10 bits per heavy atom. The van der Waals surface area contributed by atoms with Crippen LogP contribution >= 0.6 is 11.3 Å². The summed E-state index contributed by atoms with van der Waals surface area (Å²) >= 11 is 1.11. The molecule has 1 aromatic rings.